The maximum Gasteiger partial charge on any atom is 0.316 e. The molecule has 0 aromatic rings. The third kappa shape index (κ3) is 5.17. The van der Waals surface area contributed by atoms with Gasteiger partial charge in [0, 0.05) is 8.07 Å². The Balaban J connectivity index is 4.45. The number of ketones is 1. The summed E-state index contributed by atoms with van der Waals surface area (Å²) in [6.07, 6.45) is 0. The Kier molecular flexibility index (Phi) is 5.05. The van der Waals surface area contributed by atoms with Crippen LogP contribution in [0.15, 0.2) is 0 Å². The molecule has 0 aliphatic rings. The Morgan fingerprint density at radius 2 is 1.79 bits per heavy atom. The Bertz CT molecular complexity index is 218. The van der Waals surface area contributed by atoms with Gasteiger partial charge < -0.3 is 4.74 Å². The van der Waals surface area contributed by atoms with Gasteiger partial charge in [-0.1, -0.05) is 19.6 Å². The van der Waals surface area contributed by atoms with Crippen LogP contribution in [0.4, 0.5) is 0 Å². The largest absolute Gasteiger partial charge is 0.465 e. The highest BCUT2D eigenvalue weighted by Gasteiger charge is 2.30. The van der Waals surface area contributed by atoms with Crippen molar-refractivity contribution in [3.8, 4) is 0 Å². The molecule has 14 heavy (non-hydrogen) atoms. The molecule has 1 unspecified atom stereocenters. The molecule has 0 bridgehead atoms. The third-order valence-electron chi connectivity index (χ3n) is 1.88. The van der Waals surface area contributed by atoms with E-state index in [0.717, 1.165) is 0 Å². The van der Waals surface area contributed by atoms with Crippen LogP contribution >= 0.6 is 0 Å². The number of carbonyl (C=O) groups is 2. The van der Waals surface area contributed by atoms with Crippen LogP contribution in [0.25, 0.3) is 0 Å². The highest BCUT2D eigenvalue weighted by Crippen LogP contribution is 2.19. The molecule has 0 aliphatic heterocycles. The van der Waals surface area contributed by atoms with Gasteiger partial charge in [0.2, 0.25) is 0 Å². The van der Waals surface area contributed by atoms with Crippen molar-refractivity contribution in [2.75, 3.05) is 6.61 Å². The second-order valence-electron chi connectivity index (χ2n) is 4.68. The van der Waals surface area contributed by atoms with Crippen molar-refractivity contribution in [3.05, 3.63) is 0 Å². The van der Waals surface area contributed by atoms with E-state index in [9.17, 15) is 9.59 Å². The van der Waals surface area contributed by atoms with Gasteiger partial charge in [-0.2, -0.15) is 0 Å². The minimum Gasteiger partial charge on any atom is -0.465 e. The van der Waals surface area contributed by atoms with Gasteiger partial charge in [-0.15, -0.1) is 0 Å². The first-order valence-corrected chi connectivity index (χ1v) is 8.65. The van der Waals surface area contributed by atoms with Crippen LogP contribution in [-0.4, -0.2) is 26.4 Å². The number of carbonyl (C=O) groups excluding carboxylic acids is 2. The zero-order chi connectivity index (χ0) is 11.4. The quantitative estimate of drug-likeness (QED) is 0.401. The van der Waals surface area contributed by atoms with Crippen molar-refractivity contribution in [2.24, 2.45) is 5.92 Å². The van der Waals surface area contributed by atoms with Gasteiger partial charge >= 0.3 is 5.97 Å². The lowest BCUT2D eigenvalue weighted by atomic mass is 10.1. The summed E-state index contributed by atoms with van der Waals surface area (Å²) in [6.45, 7) is 9.98. The summed E-state index contributed by atoms with van der Waals surface area (Å²) < 4.78 is 4.87. The van der Waals surface area contributed by atoms with Crippen molar-refractivity contribution >= 4 is 19.8 Å². The number of esters is 1. The molecule has 0 aliphatic carbocycles. The van der Waals surface area contributed by atoms with Crippen LogP contribution in [0, 0.1) is 5.92 Å². The van der Waals surface area contributed by atoms with Gasteiger partial charge in [0.1, 0.15) is 11.7 Å². The number of hydrogen-bond acceptors (Lipinski definition) is 3. The van der Waals surface area contributed by atoms with Crippen LogP contribution in [0.2, 0.25) is 25.7 Å². The molecular formula is C10H20O3Si. The van der Waals surface area contributed by atoms with E-state index in [-0.39, 0.29) is 11.8 Å². The second kappa shape index (κ2) is 5.29. The van der Waals surface area contributed by atoms with Crippen molar-refractivity contribution in [2.45, 2.75) is 39.5 Å². The van der Waals surface area contributed by atoms with E-state index < -0.39 is 14.0 Å². The van der Waals surface area contributed by atoms with Gasteiger partial charge in [0.15, 0.2) is 0 Å². The molecule has 4 heteroatoms. The summed E-state index contributed by atoms with van der Waals surface area (Å²) in [6, 6.07) is 0.682. The predicted molar refractivity (Wildman–Crippen MR) is 59.0 cm³/mol. The Labute approximate surface area is 86.8 Å². The van der Waals surface area contributed by atoms with E-state index in [1.165, 1.54) is 6.92 Å². The molecule has 82 valence electrons. The van der Waals surface area contributed by atoms with Gasteiger partial charge in [-0.05, 0) is 19.9 Å². The SMILES string of the molecule is CCOC(=O)C(C[Si](C)(C)C)C(C)=O. The van der Waals surface area contributed by atoms with Gasteiger partial charge in [0.05, 0.1) is 6.61 Å². The molecule has 0 heterocycles. The summed E-state index contributed by atoms with van der Waals surface area (Å²) in [5.41, 5.74) is 0. The first kappa shape index (κ1) is 13.4. The minimum atomic E-state index is -1.40. The molecule has 0 amide bonds. The molecule has 3 nitrogen and oxygen atoms in total. The van der Waals surface area contributed by atoms with Crippen LogP contribution in [0.3, 0.4) is 0 Å². The van der Waals surface area contributed by atoms with Crippen LogP contribution in [-0.2, 0) is 14.3 Å². The zero-order valence-electron chi connectivity index (χ0n) is 9.72. The van der Waals surface area contributed by atoms with E-state index in [4.69, 9.17) is 4.74 Å². The highest BCUT2D eigenvalue weighted by atomic mass is 28.3. The fraction of sp³-hybridized carbons (Fsp3) is 0.800. The van der Waals surface area contributed by atoms with Crippen LogP contribution in [0.1, 0.15) is 13.8 Å². The number of rotatable bonds is 5. The van der Waals surface area contributed by atoms with E-state index >= 15 is 0 Å². The van der Waals surface area contributed by atoms with Crippen molar-refractivity contribution in [1.82, 2.24) is 0 Å². The maximum absolute atomic E-state index is 11.4. The minimum absolute atomic E-state index is 0.0779. The van der Waals surface area contributed by atoms with Crippen molar-refractivity contribution < 1.29 is 14.3 Å². The first-order valence-electron chi connectivity index (χ1n) is 4.95. The number of ether oxygens (including phenoxy) is 1. The van der Waals surface area contributed by atoms with E-state index in [0.29, 0.717) is 12.7 Å². The smallest absolute Gasteiger partial charge is 0.316 e. The lowest BCUT2D eigenvalue weighted by molar-refractivity contribution is -0.150. The van der Waals surface area contributed by atoms with Crippen LogP contribution in [0.5, 0.6) is 0 Å². The predicted octanol–water partition coefficient (Wildman–Crippen LogP) is 2.09. The average Bonchev–Trinajstić information content (AvgIpc) is 1.98. The summed E-state index contributed by atoms with van der Waals surface area (Å²) in [4.78, 5) is 22.7. The molecule has 1 atom stereocenters. The van der Waals surface area contributed by atoms with Crippen molar-refractivity contribution in [3.63, 3.8) is 0 Å². The van der Waals surface area contributed by atoms with E-state index in [2.05, 4.69) is 19.6 Å². The Morgan fingerprint density at radius 1 is 1.29 bits per heavy atom. The normalized spacial score (nSPS) is 13.5. The average molecular weight is 216 g/mol. The molecule has 0 aromatic heterocycles. The van der Waals surface area contributed by atoms with Gasteiger partial charge in [-0.3, -0.25) is 9.59 Å². The second-order valence-corrected chi connectivity index (χ2v) is 10.2. The Morgan fingerprint density at radius 3 is 2.07 bits per heavy atom. The van der Waals surface area contributed by atoms with E-state index in [1.54, 1.807) is 6.92 Å². The highest BCUT2D eigenvalue weighted by molar-refractivity contribution is 6.76. The van der Waals surface area contributed by atoms with Crippen LogP contribution < -0.4 is 0 Å². The molecule has 0 rings (SSSR count). The standard InChI is InChI=1S/C10H20O3Si/c1-6-13-10(12)9(8(2)11)7-14(3,4)5/h9H,6-7H2,1-5H3. The summed E-state index contributed by atoms with van der Waals surface area (Å²) in [5, 5.41) is 0. The molecule has 0 spiro atoms. The maximum atomic E-state index is 11.4. The number of hydrogen-bond donors (Lipinski definition) is 0. The molecule has 0 saturated heterocycles. The van der Waals surface area contributed by atoms with Gasteiger partial charge in [-0.25, -0.2) is 0 Å². The van der Waals surface area contributed by atoms with Crippen molar-refractivity contribution in [1.29, 1.82) is 0 Å². The van der Waals surface area contributed by atoms with Gasteiger partial charge in [0.25, 0.3) is 0 Å². The molecule has 0 fully saturated rings. The molecule has 0 radical (unpaired) electrons. The molecule has 0 saturated carbocycles. The molecule has 0 aromatic carbocycles. The summed E-state index contributed by atoms with van der Waals surface area (Å²) in [5.74, 6) is -0.977. The number of Topliss-reactive ketones (excluding diaryl/α,β-unsaturated/α-hetero) is 1. The fourth-order valence-corrected chi connectivity index (χ4v) is 2.93. The molecular weight excluding hydrogens is 196 g/mol. The first-order chi connectivity index (χ1) is 6.28. The zero-order valence-corrected chi connectivity index (χ0v) is 10.7. The third-order valence-corrected chi connectivity index (χ3v) is 3.51. The monoisotopic (exact) mass is 216 g/mol. The molecule has 0 N–H and O–H groups in total. The lowest BCUT2D eigenvalue weighted by Crippen LogP contribution is -2.33. The fourth-order valence-electron chi connectivity index (χ4n) is 1.25. The topological polar surface area (TPSA) is 43.4 Å². The van der Waals surface area contributed by atoms with E-state index in [1.807, 2.05) is 0 Å². The Hall–Kier alpha value is -0.643. The summed E-state index contributed by atoms with van der Waals surface area (Å²) in [7, 11) is -1.40. The lowest BCUT2D eigenvalue weighted by Gasteiger charge is -2.21. The summed E-state index contributed by atoms with van der Waals surface area (Å²) >= 11 is 0.